The highest BCUT2D eigenvalue weighted by Crippen LogP contribution is 2.39. The normalized spacial score (nSPS) is 18.0. The largest absolute Gasteiger partial charge is 0.493 e. The number of rotatable bonds is 6. The highest BCUT2D eigenvalue weighted by molar-refractivity contribution is 5.69. The maximum Gasteiger partial charge on any atom is 0.419 e. The van der Waals surface area contributed by atoms with Crippen LogP contribution in [0.15, 0.2) is 47.0 Å². The average molecular weight is 588 g/mol. The Bertz CT molecular complexity index is 1370. The first-order valence-corrected chi connectivity index (χ1v) is 12.5. The lowest BCUT2D eigenvalue weighted by atomic mass is 10.1. The number of aliphatic hydroxyl groups excluding tert-OH is 1. The molecule has 41 heavy (non-hydrogen) atoms. The molecule has 0 radical (unpaired) electrons. The SMILES string of the molecule is CC(C)(C)OC(=O)N1CC[C@H](O)[C@H]1c1nc(-c2ccc(OCCc3ccc(C(F)(F)F)cc3)c(C(F)(F)F)c2)no1. The molecule has 3 aromatic rings. The second-order valence-electron chi connectivity index (χ2n) is 10.4. The first-order valence-electron chi connectivity index (χ1n) is 12.5. The Balaban J connectivity index is 1.50. The molecule has 14 heteroatoms. The van der Waals surface area contributed by atoms with Gasteiger partial charge in [-0.05, 0) is 63.1 Å². The molecule has 0 aliphatic carbocycles. The van der Waals surface area contributed by atoms with E-state index in [4.69, 9.17) is 14.0 Å². The van der Waals surface area contributed by atoms with Crippen molar-refractivity contribution in [3.8, 4) is 17.1 Å². The molecule has 2 heterocycles. The molecule has 1 N–H and O–H groups in total. The molecule has 1 aromatic heterocycles. The fraction of sp³-hybridized carbons (Fsp3) is 0.444. The summed E-state index contributed by atoms with van der Waals surface area (Å²) in [6, 6.07) is 6.35. The van der Waals surface area contributed by atoms with Gasteiger partial charge in [0.05, 0.1) is 23.8 Å². The van der Waals surface area contributed by atoms with Crippen LogP contribution < -0.4 is 4.74 Å². The Morgan fingerprint density at radius 2 is 1.73 bits per heavy atom. The van der Waals surface area contributed by atoms with Gasteiger partial charge in [0.2, 0.25) is 5.82 Å². The summed E-state index contributed by atoms with van der Waals surface area (Å²) in [6.07, 6.45) is -10.8. The minimum Gasteiger partial charge on any atom is -0.493 e. The van der Waals surface area contributed by atoms with Gasteiger partial charge in [0.15, 0.2) is 0 Å². The van der Waals surface area contributed by atoms with Crippen LogP contribution in [0.2, 0.25) is 0 Å². The minimum absolute atomic E-state index is 0.0567. The maximum absolute atomic E-state index is 13.9. The molecular formula is C27H27F6N3O5. The van der Waals surface area contributed by atoms with Crippen molar-refractivity contribution in [2.24, 2.45) is 0 Å². The van der Waals surface area contributed by atoms with E-state index in [1.807, 2.05) is 0 Å². The van der Waals surface area contributed by atoms with Crippen LogP contribution in [0.1, 0.15) is 55.8 Å². The van der Waals surface area contributed by atoms with Crippen LogP contribution in [0.25, 0.3) is 11.4 Å². The van der Waals surface area contributed by atoms with Gasteiger partial charge in [-0.15, -0.1) is 0 Å². The number of likely N-dealkylation sites (tertiary alicyclic amines) is 1. The van der Waals surface area contributed by atoms with Gasteiger partial charge in [0.1, 0.15) is 17.4 Å². The van der Waals surface area contributed by atoms with Gasteiger partial charge in [-0.1, -0.05) is 17.3 Å². The van der Waals surface area contributed by atoms with Crippen molar-refractivity contribution in [3.05, 3.63) is 65.0 Å². The predicted octanol–water partition coefficient (Wildman–Crippen LogP) is 6.44. The minimum atomic E-state index is -4.82. The second-order valence-corrected chi connectivity index (χ2v) is 10.4. The molecule has 0 unspecified atom stereocenters. The van der Waals surface area contributed by atoms with Gasteiger partial charge < -0.3 is 19.1 Å². The highest BCUT2D eigenvalue weighted by atomic mass is 19.4. The third-order valence-electron chi connectivity index (χ3n) is 6.16. The van der Waals surface area contributed by atoms with Gasteiger partial charge in [0.25, 0.3) is 5.89 Å². The molecular weight excluding hydrogens is 560 g/mol. The zero-order chi connectivity index (χ0) is 30.2. The van der Waals surface area contributed by atoms with Crippen LogP contribution in [0, 0.1) is 0 Å². The topological polar surface area (TPSA) is 97.9 Å². The maximum atomic E-state index is 13.9. The fourth-order valence-electron chi connectivity index (χ4n) is 4.23. The quantitative estimate of drug-likeness (QED) is 0.332. The molecule has 4 rings (SSSR count). The van der Waals surface area contributed by atoms with E-state index in [9.17, 15) is 36.2 Å². The summed E-state index contributed by atoms with van der Waals surface area (Å²) in [7, 11) is 0. The van der Waals surface area contributed by atoms with Crippen LogP contribution in [0.5, 0.6) is 5.75 Å². The van der Waals surface area contributed by atoms with Gasteiger partial charge in [-0.25, -0.2) is 4.79 Å². The number of hydrogen-bond acceptors (Lipinski definition) is 7. The summed E-state index contributed by atoms with van der Waals surface area (Å²) in [6.45, 7) is 4.96. The summed E-state index contributed by atoms with van der Waals surface area (Å²) in [5.41, 5.74) is -2.35. The number of ether oxygens (including phenoxy) is 2. The summed E-state index contributed by atoms with van der Waals surface area (Å²) < 4.78 is 95.8. The van der Waals surface area contributed by atoms with Crippen molar-refractivity contribution >= 4 is 6.09 Å². The molecule has 1 aliphatic heterocycles. The van der Waals surface area contributed by atoms with E-state index in [0.717, 1.165) is 24.3 Å². The zero-order valence-electron chi connectivity index (χ0n) is 22.2. The predicted molar refractivity (Wildman–Crippen MR) is 132 cm³/mol. The number of hydrogen-bond donors (Lipinski definition) is 1. The Morgan fingerprint density at radius 1 is 1.05 bits per heavy atom. The van der Waals surface area contributed by atoms with Crippen LogP contribution in [-0.2, 0) is 23.5 Å². The highest BCUT2D eigenvalue weighted by Gasteiger charge is 2.43. The number of carbonyl (C=O) groups excluding carboxylic acids is 1. The lowest BCUT2D eigenvalue weighted by Gasteiger charge is -2.27. The zero-order valence-corrected chi connectivity index (χ0v) is 22.2. The number of aromatic nitrogens is 2. The lowest BCUT2D eigenvalue weighted by Crippen LogP contribution is -2.38. The Labute approximate surface area is 230 Å². The van der Waals surface area contributed by atoms with Crippen molar-refractivity contribution in [1.82, 2.24) is 15.0 Å². The van der Waals surface area contributed by atoms with Crippen LogP contribution in [0.4, 0.5) is 31.1 Å². The number of carbonyl (C=O) groups is 1. The number of aliphatic hydroxyl groups is 1. The van der Waals surface area contributed by atoms with Crippen LogP contribution >= 0.6 is 0 Å². The van der Waals surface area contributed by atoms with Crippen molar-refractivity contribution in [2.75, 3.05) is 13.2 Å². The smallest absolute Gasteiger partial charge is 0.419 e. The van der Waals surface area contributed by atoms with E-state index < -0.39 is 53.1 Å². The van der Waals surface area contributed by atoms with Gasteiger partial charge in [-0.2, -0.15) is 31.3 Å². The molecule has 0 spiro atoms. The number of alkyl halides is 6. The number of halogens is 6. The van der Waals surface area contributed by atoms with Crippen molar-refractivity contribution < 1.29 is 50.2 Å². The van der Waals surface area contributed by atoms with Gasteiger partial charge in [-0.3, -0.25) is 4.90 Å². The molecule has 1 saturated heterocycles. The Hall–Kier alpha value is -3.81. The second kappa shape index (κ2) is 11.2. The van der Waals surface area contributed by atoms with E-state index in [1.165, 1.54) is 23.1 Å². The first kappa shape index (κ1) is 30.2. The van der Waals surface area contributed by atoms with Crippen LogP contribution in [0.3, 0.4) is 0 Å². The van der Waals surface area contributed by atoms with Crippen molar-refractivity contribution in [1.29, 1.82) is 0 Å². The van der Waals surface area contributed by atoms with E-state index in [-0.39, 0.29) is 43.3 Å². The van der Waals surface area contributed by atoms with E-state index in [0.29, 0.717) is 5.56 Å². The summed E-state index contributed by atoms with van der Waals surface area (Å²) in [5, 5.41) is 14.2. The number of amides is 1. The fourth-order valence-corrected chi connectivity index (χ4v) is 4.23. The van der Waals surface area contributed by atoms with Gasteiger partial charge >= 0.3 is 18.4 Å². The molecule has 0 bridgehead atoms. The third kappa shape index (κ3) is 7.29. The van der Waals surface area contributed by atoms with E-state index in [2.05, 4.69) is 10.1 Å². The molecule has 0 saturated carbocycles. The number of benzene rings is 2. The summed E-state index contributed by atoms with van der Waals surface area (Å²) in [4.78, 5) is 18.0. The van der Waals surface area contributed by atoms with Crippen LogP contribution in [-0.4, -0.2) is 51.1 Å². The van der Waals surface area contributed by atoms with Crippen molar-refractivity contribution in [2.45, 2.75) is 63.7 Å². The molecule has 1 aliphatic rings. The molecule has 8 nitrogen and oxygen atoms in total. The molecule has 1 amide bonds. The summed E-state index contributed by atoms with van der Waals surface area (Å²) >= 11 is 0. The van der Waals surface area contributed by atoms with Gasteiger partial charge in [0, 0.05) is 18.5 Å². The molecule has 222 valence electrons. The van der Waals surface area contributed by atoms with E-state index in [1.54, 1.807) is 20.8 Å². The van der Waals surface area contributed by atoms with E-state index >= 15 is 0 Å². The first-order chi connectivity index (χ1) is 19.0. The molecule has 1 fully saturated rings. The lowest BCUT2D eigenvalue weighted by molar-refractivity contribution is -0.139. The monoisotopic (exact) mass is 587 g/mol. The summed E-state index contributed by atoms with van der Waals surface area (Å²) in [5.74, 6) is -0.856. The average Bonchev–Trinajstić information content (AvgIpc) is 3.49. The Morgan fingerprint density at radius 3 is 2.34 bits per heavy atom. The standard InChI is InChI=1S/C27H27F6N3O5/c1-25(2,3)40-24(38)36-12-10-19(37)21(36)23-34-22(35-41-23)16-6-9-20(18(14-16)27(31,32)33)39-13-11-15-4-7-17(8-5-15)26(28,29)30/h4-9,14,19,21,37H,10-13H2,1-3H3/t19-,21-/m0/s1. The van der Waals surface area contributed by atoms with Crippen molar-refractivity contribution in [3.63, 3.8) is 0 Å². The Kier molecular flexibility index (Phi) is 8.25. The number of nitrogens with zero attached hydrogens (tertiary/aromatic N) is 3. The third-order valence-corrected chi connectivity index (χ3v) is 6.16. The molecule has 2 aromatic carbocycles. The molecule has 2 atom stereocenters.